The summed E-state index contributed by atoms with van der Waals surface area (Å²) in [6.45, 7) is 6.27. The Hall–Kier alpha value is -1.63. The quantitative estimate of drug-likeness (QED) is 0.727. The molecule has 4 amide bonds. The van der Waals surface area contributed by atoms with Crippen LogP contribution in [0.4, 0.5) is 4.79 Å². The van der Waals surface area contributed by atoms with Crippen LogP contribution in [0.25, 0.3) is 0 Å². The summed E-state index contributed by atoms with van der Waals surface area (Å²) in [5, 5.41) is 6.19. The van der Waals surface area contributed by atoms with E-state index in [9.17, 15) is 14.4 Å². The second-order valence-electron chi connectivity index (χ2n) is 7.67. The lowest BCUT2D eigenvalue weighted by atomic mass is 9.73. The predicted molar refractivity (Wildman–Crippen MR) is 93.9 cm³/mol. The first kappa shape index (κ1) is 18.2. The van der Waals surface area contributed by atoms with Gasteiger partial charge in [-0.15, -0.1) is 0 Å². The van der Waals surface area contributed by atoms with E-state index in [0.717, 1.165) is 50.1 Å². The van der Waals surface area contributed by atoms with Gasteiger partial charge in [-0.3, -0.25) is 14.5 Å². The number of urea groups is 1. The number of nitrogens with zero attached hydrogens (tertiary/aromatic N) is 2. The van der Waals surface area contributed by atoms with Gasteiger partial charge in [0.1, 0.15) is 12.1 Å². The summed E-state index contributed by atoms with van der Waals surface area (Å²) < 4.78 is 0. The van der Waals surface area contributed by atoms with Crippen molar-refractivity contribution in [2.45, 2.75) is 64.0 Å². The van der Waals surface area contributed by atoms with Crippen LogP contribution in [0.15, 0.2) is 0 Å². The average Bonchev–Trinajstić information content (AvgIpc) is 3.19. The van der Waals surface area contributed by atoms with Crippen LogP contribution in [0.5, 0.6) is 0 Å². The molecule has 7 nitrogen and oxygen atoms in total. The topological polar surface area (TPSA) is 81.8 Å². The second-order valence-corrected chi connectivity index (χ2v) is 7.67. The number of amides is 4. The smallest absolute Gasteiger partial charge is 0.325 e. The van der Waals surface area contributed by atoms with Gasteiger partial charge in [-0.05, 0) is 38.1 Å². The van der Waals surface area contributed by atoms with Crippen LogP contribution in [-0.2, 0) is 9.59 Å². The van der Waals surface area contributed by atoms with Gasteiger partial charge in [0.2, 0.25) is 5.91 Å². The summed E-state index contributed by atoms with van der Waals surface area (Å²) in [6.07, 6.45) is 5.42. The predicted octanol–water partition coefficient (Wildman–Crippen LogP) is 1.09. The summed E-state index contributed by atoms with van der Waals surface area (Å²) in [7, 11) is 0. The lowest BCUT2D eigenvalue weighted by Crippen LogP contribution is -2.54. The van der Waals surface area contributed by atoms with Gasteiger partial charge in [0.05, 0.1) is 0 Å². The second kappa shape index (κ2) is 7.32. The first-order chi connectivity index (χ1) is 12.0. The molecule has 140 valence electrons. The van der Waals surface area contributed by atoms with E-state index in [4.69, 9.17) is 0 Å². The van der Waals surface area contributed by atoms with Crippen LogP contribution >= 0.6 is 0 Å². The van der Waals surface area contributed by atoms with Crippen LogP contribution in [0.1, 0.15) is 52.4 Å². The van der Waals surface area contributed by atoms with E-state index in [0.29, 0.717) is 13.0 Å². The summed E-state index contributed by atoms with van der Waals surface area (Å²) in [4.78, 5) is 41.3. The van der Waals surface area contributed by atoms with E-state index < -0.39 is 11.6 Å². The molecule has 1 saturated carbocycles. The number of carbonyl (C=O) groups excluding carboxylic acids is 3. The van der Waals surface area contributed by atoms with Crippen molar-refractivity contribution in [1.82, 2.24) is 20.4 Å². The number of hydrogen-bond donors (Lipinski definition) is 2. The van der Waals surface area contributed by atoms with Crippen molar-refractivity contribution in [3.8, 4) is 0 Å². The van der Waals surface area contributed by atoms with Crippen molar-refractivity contribution >= 4 is 17.8 Å². The van der Waals surface area contributed by atoms with Gasteiger partial charge in [0.25, 0.3) is 5.91 Å². The molecule has 0 aromatic heterocycles. The molecule has 2 N–H and O–H groups in total. The molecule has 0 radical (unpaired) electrons. The van der Waals surface area contributed by atoms with Crippen LogP contribution in [0, 0.1) is 5.92 Å². The number of nitrogens with one attached hydrogen (secondary N) is 2. The fraction of sp³-hybridized carbons (Fsp3) is 0.833. The molecule has 3 fully saturated rings. The molecule has 2 saturated heterocycles. The zero-order chi connectivity index (χ0) is 18.0. The van der Waals surface area contributed by atoms with Crippen LogP contribution in [-0.4, -0.2) is 65.4 Å². The molecule has 1 aliphatic carbocycles. The SMILES string of the molecule is CCCN(C(=O)CN1C(=O)NC2(CCCCC2C)C1=O)C1CCNC1. The molecule has 2 aliphatic heterocycles. The Balaban J connectivity index is 1.71. The van der Waals surface area contributed by atoms with E-state index in [1.54, 1.807) is 0 Å². The molecule has 0 aromatic carbocycles. The Kier molecular flexibility index (Phi) is 5.32. The maximum Gasteiger partial charge on any atom is 0.325 e. The maximum atomic E-state index is 13.0. The monoisotopic (exact) mass is 350 g/mol. The highest BCUT2D eigenvalue weighted by Gasteiger charge is 2.55. The third kappa shape index (κ3) is 3.26. The first-order valence-corrected chi connectivity index (χ1v) is 9.64. The minimum absolute atomic E-state index is 0.114. The van der Waals surface area contributed by atoms with Crippen molar-refractivity contribution in [3.63, 3.8) is 0 Å². The Morgan fingerprint density at radius 1 is 1.32 bits per heavy atom. The van der Waals surface area contributed by atoms with Gasteiger partial charge in [-0.1, -0.05) is 26.7 Å². The molecule has 3 unspecified atom stereocenters. The van der Waals surface area contributed by atoms with Crippen LogP contribution in [0.2, 0.25) is 0 Å². The van der Waals surface area contributed by atoms with Gasteiger partial charge >= 0.3 is 6.03 Å². The number of hydrogen-bond acceptors (Lipinski definition) is 4. The minimum Gasteiger partial charge on any atom is -0.337 e. The molecule has 25 heavy (non-hydrogen) atoms. The van der Waals surface area contributed by atoms with Gasteiger partial charge < -0.3 is 15.5 Å². The molecule has 0 aromatic rings. The van der Waals surface area contributed by atoms with Crippen molar-refractivity contribution in [3.05, 3.63) is 0 Å². The maximum absolute atomic E-state index is 13.0. The Morgan fingerprint density at radius 3 is 2.76 bits per heavy atom. The summed E-state index contributed by atoms with van der Waals surface area (Å²) >= 11 is 0. The third-order valence-corrected chi connectivity index (χ3v) is 6.05. The molecule has 3 atom stereocenters. The molecule has 3 aliphatic rings. The van der Waals surface area contributed by atoms with Crippen molar-refractivity contribution in [1.29, 1.82) is 0 Å². The van der Waals surface area contributed by atoms with E-state index >= 15 is 0 Å². The highest BCUT2D eigenvalue weighted by atomic mass is 16.2. The van der Waals surface area contributed by atoms with Gasteiger partial charge in [0.15, 0.2) is 0 Å². The van der Waals surface area contributed by atoms with E-state index in [-0.39, 0.29) is 30.3 Å². The zero-order valence-electron chi connectivity index (χ0n) is 15.3. The van der Waals surface area contributed by atoms with Gasteiger partial charge in [-0.25, -0.2) is 4.79 Å². The largest absolute Gasteiger partial charge is 0.337 e. The highest BCUT2D eigenvalue weighted by Crippen LogP contribution is 2.38. The highest BCUT2D eigenvalue weighted by molar-refractivity contribution is 6.09. The van der Waals surface area contributed by atoms with Crippen molar-refractivity contribution < 1.29 is 14.4 Å². The Bertz CT molecular complexity index is 546. The molecule has 7 heteroatoms. The number of imide groups is 1. The normalized spacial score (nSPS) is 32.3. The first-order valence-electron chi connectivity index (χ1n) is 9.64. The molecular weight excluding hydrogens is 320 g/mol. The lowest BCUT2D eigenvalue weighted by Gasteiger charge is -2.37. The summed E-state index contributed by atoms with van der Waals surface area (Å²) in [5.74, 6) is -0.220. The standard InChI is InChI=1S/C18H30N4O3/c1-3-10-21(14-7-9-19-11-14)15(23)12-22-16(24)18(20-17(22)25)8-5-4-6-13(18)2/h13-14,19H,3-12H2,1-2H3,(H,20,25). The third-order valence-electron chi connectivity index (χ3n) is 6.05. The molecule has 3 rings (SSSR count). The zero-order valence-corrected chi connectivity index (χ0v) is 15.3. The van der Waals surface area contributed by atoms with Crippen LogP contribution < -0.4 is 10.6 Å². The van der Waals surface area contributed by atoms with E-state index in [1.807, 2.05) is 18.7 Å². The average molecular weight is 350 g/mol. The Morgan fingerprint density at radius 2 is 2.12 bits per heavy atom. The minimum atomic E-state index is -0.792. The van der Waals surface area contributed by atoms with Gasteiger partial charge in [-0.2, -0.15) is 0 Å². The number of rotatable bonds is 5. The van der Waals surface area contributed by atoms with Crippen molar-refractivity contribution in [2.24, 2.45) is 5.92 Å². The van der Waals surface area contributed by atoms with Crippen LogP contribution in [0.3, 0.4) is 0 Å². The Labute approximate surface area is 149 Å². The molecule has 1 spiro atoms. The summed E-state index contributed by atoms with van der Waals surface area (Å²) in [5.41, 5.74) is -0.792. The lowest BCUT2D eigenvalue weighted by molar-refractivity contribution is -0.141. The fourth-order valence-electron chi connectivity index (χ4n) is 4.52. The van der Waals surface area contributed by atoms with Gasteiger partial charge in [0, 0.05) is 19.1 Å². The van der Waals surface area contributed by atoms with E-state index in [1.165, 1.54) is 0 Å². The molecule has 2 heterocycles. The number of carbonyl (C=O) groups is 3. The molecular formula is C18H30N4O3. The van der Waals surface area contributed by atoms with E-state index in [2.05, 4.69) is 10.6 Å². The fourth-order valence-corrected chi connectivity index (χ4v) is 4.52. The summed E-state index contributed by atoms with van der Waals surface area (Å²) in [6, 6.07) is -0.246. The molecule has 0 bridgehead atoms. The van der Waals surface area contributed by atoms with Crippen molar-refractivity contribution in [2.75, 3.05) is 26.2 Å².